The molecule has 5 heteroatoms. The summed E-state index contributed by atoms with van der Waals surface area (Å²) in [5, 5.41) is 19.5. The third kappa shape index (κ3) is 1.23. The predicted octanol–water partition coefficient (Wildman–Crippen LogP) is -0.0514. The second kappa shape index (κ2) is 3.12. The number of carbonyl (C=O) groups excluding carboxylic acids is 2. The number of nitriles is 2. The van der Waals surface area contributed by atoms with Crippen LogP contribution in [0.15, 0.2) is 0 Å². The predicted molar refractivity (Wildman–Crippen MR) is 45.1 cm³/mol. The molecule has 1 aliphatic heterocycles. The van der Waals surface area contributed by atoms with E-state index in [9.17, 15) is 9.59 Å². The van der Waals surface area contributed by atoms with Crippen molar-refractivity contribution in [2.75, 3.05) is 0 Å². The van der Waals surface area contributed by atoms with Gasteiger partial charge < -0.3 is 0 Å². The molecular weight excluding hydrogens is 182 g/mol. The molecular formula is C9H9N3O2. The molecule has 1 heterocycles. The summed E-state index contributed by atoms with van der Waals surface area (Å²) in [4.78, 5) is 22.5. The third-order valence-electron chi connectivity index (χ3n) is 2.52. The Morgan fingerprint density at radius 3 is 1.79 bits per heavy atom. The fourth-order valence-electron chi connectivity index (χ4n) is 1.56. The van der Waals surface area contributed by atoms with Gasteiger partial charge in [-0.05, 0) is 0 Å². The normalized spacial score (nSPS) is 30.0. The van der Waals surface area contributed by atoms with Gasteiger partial charge in [0.1, 0.15) is 11.8 Å². The second-order valence-corrected chi connectivity index (χ2v) is 3.80. The number of hydrogen-bond acceptors (Lipinski definition) is 4. The van der Waals surface area contributed by atoms with Crippen LogP contribution in [0.25, 0.3) is 0 Å². The van der Waals surface area contributed by atoms with Crippen molar-refractivity contribution in [1.82, 2.24) is 5.32 Å². The van der Waals surface area contributed by atoms with Crippen LogP contribution in [-0.2, 0) is 9.59 Å². The molecule has 0 bridgehead atoms. The summed E-state index contributed by atoms with van der Waals surface area (Å²) < 4.78 is 0. The van der Waals surface area contributed by atoms with Gasteiger partial charge in [-0.1, -0.05) is 13.8 Å². The summed E-state index contributed by atoms with van der Waals surface area (Å²) in [6.45, 7) is 3.15. The smallest absolute Gasteiger partial charge is 0.244 e. The minimum Gasteiger partial charge on any atom is -0.294 e. The molecule has 2 amide bonds. The maximum atomic E-state index is 11.2. The zero-order valence-electron chi connectivity index (χ0n) is 7.87. The van der Waals surface area contributed by atoms with Crippen molar-refractivity contribution in [2.24, 2.45) is 17.3 Å². The van der Waals surface area contributed by atoms with E-state index in [1.807, 2.05) is 17.5 Å². The van der Waals surface area contributed by atoms with Gasteiger partial charge in [0.15, 0.2) is 0 Å². The lowest BCUT2D eigenvalue weighted by molar-refractivity contribution is -0.143. The van der Waals surface area contributed by atoms with E-state index in [0.29, 0.717) is 0 Å². The molecule has 1 N–H and O–H groups in total. The van der Waals surface area contributed by atoms with E-state index in [-0.39, 0.29) is 0 Å². The lowest BCUT2D eigenvalue weighted by Gasteiger charge is -2.36. The Balaban J connectivity index is 3.17. The van der Waals surface area contributed by atoms with Crippen molar-refractivity contribution in [3.8, 4) is 12.1 Å². The minimum atomic E-state index is -0.954. The summed E-state index contributed by atoms with van der Waals surface area (Å²) in [6.07, 6.45) is 0. The van der Waals surface area contributed by atoms with Crippen molar-refractivity contribution in [2.45, 2.75) is 13.8 Å². The fraction of sp³-hybridized carbons (Fsp3) is 0.556. The summed E-state index contributed by atoms with van der Waals surface area (Å²) in [5.74, 6) is -3.14. The highest BCUT2D eigenvalue weighted by Crippen LogP contribution is 2.37. The average molecular weight is 191 g/mol. The van der Waals surface area contributed by atoms with Gasteiger partial charge in [-0.3, -0.25) is 14.9 Å². The van der Waals surface area contributed by atoms with Crippen LogP contribution in [0.4, 0.5) is 0 Å². The van der Waals surface area contributed by atoms with Crippen molar-refractivity contribution in [3.05, 3.63) is 0 Å². The van der Waals surface area contributed by atoms with E-state index in [1.165, 1.54) is 0 Å². The number of nitrogens with one attached hydrogen (secondary N) is 1. The molecule has 0 unspecified atom stereocenters. The monoisotopic (exact) mass is 191 g/mol. The summed E-state index contributed by atoms with van der Waals surface area (Å²) in [6, 6.07) is 3.63. The number of rotatable bonds is 0. The Hall–Kier alpha value is -1.88. The summed E-state index contributed by atoms with van der Waals surface area (Å²) >= 11 is 0. The van der Waals surface area contributed by atoms with Crippen LogP contribution < -0.4 is 5.32 Å². The molecule has 1 rings (SSSR count). The van der Waals surface area contributed by atoms with Crippen LogP contribution in [0, 0.1) is 39.9 Å². The Bertz CT molecular complexity index is 338. The standard InChI is InChI=1S/C9H9N3O2/c1-9(2)5(3-10)7(13)12-8(14)6(9)4-11/h5-6H,1-2H3,(H,12,13,14)/t5-,6-/m0/s1. The van der Waals surface area contributed by atoms with Crippen molar-refractivity contribution >= 4 is 11.8 Å². The first-order valence-corrected chi connectivity index (χ1v) is 4.09. The molecule has 0 aromatic rings. The van der Waals surface area contributed by atoms with E-state index >= 15 is 0 Å². The number of nitrogens with zero attached hydrogens (tertiary/aromatic N) is 2. The second-order valence-electron chi connectivity index (χ2n) is 3.80. The molecule has 1 aliphatic rings. The lowest BCUT2D eigenvalue weighted by atomic mass is 9.67. The number of imide groups is 1. The zero-order valence-corrected chi connectivity index (χ0v) is 7.87. The van der Waals surface area contributed by atoms with Crippen LogP contribution >= 0.6 is 0 Å². The van der Waals surface area contributed by atoms with Crippen LogP contribution in [0.5, 0.6) is 0 Å². The highest BCUT2D eigenvalue weighted by atomic mass is 16.2. The van der Waals surface area contributed by atoms with Crippen LogP contribution in [-0.4, -0.2) is 11.8 Å². The zero-order chi connectivity index (χ0) is 10.9. The molecule has 0 aromatic carbocycles. The quantitative estimate of drug-likeness (QED) is 0.543. The van der Waals surface area contributed by atoms with Crippen molar-refractivity contribution in [1.29, 1.82) is 10.5 Å². The molecule has 0 spiro atoms. The van der Waals surface area contributed by atoms with Gasteiger partial charge in [0, 0.05) is 5.41 Å². The molecule has 1 saturated heterocycles. The maximum absolute atomic E-state index is 11.2. The molecule has 72 valence electrons. The summed E-state index contributed by atoms with van der Waals surface area (Å²) in [7, 11) is 0. The van der Waals surface area contributed by atoms with E-state index in [2.05, 4.69) is 0 Å². The molecule has 14 heavy (non-hydrogen) atoms. The average Bonchev–Trinajstić information content (AvgIpc) is 2.02. The van der Waals surface area contributed by atoms with E-state index < -0.39 is 29.1 Å². The first kappa shape index (κ1) is 10.2. The van der Waals surface area contributed by atoms with Gasteiger partial charge in [0.2, 0.25) is 11.8 Å². The number of carbonyl (C=O) groups is 2. The first-order valence-electron chi connectivity index (χ1n) is 4.09. The van der Waals surface area contributed by atoms with E-state index in [0.717, 1.165) is 0 Å². The highest BCUT2D eigenvalue weighted by Gasteiger charge is 2.50. The lowest BCUT2D eigenvalue weighted by Crippen LogP contribution is -2.55. The van der Waals surface area contributed by atoms with Gasteiger partial charge in [-0.25, -0.2) is 0 Å². The van der Waals surface area contributed by atoms with Crippen molar-refractivity contribution < 1.29 is 9.59 Å². The highest BCUT2D eigenvalue weighted by molar-refractivity contribution is 6.02. The minimum absolute atomic E-state index is 0.617. The molecule has 0 aromatic heterocycles. The van der Waals surface area contributed by atoms with E-state index in [1.54, 1.807) is 13.8 Å². The Labute approximate surface area is 81.3 Å². The van der Waals surface area contributed by atoms with Crippen LogP contribution in [0.2, 0.25) is 0 Å². The Morgan fingerprint density at radius 2 is 1.50 bits per heavy atom. The molecule has 0 saturated carbocycles. The number of piperidine rings is 1. The topological polar surface area (TPSA) is 93.8 Å². The maximum Gasteiger partial charge on any atom is 0.244 e. The van der Waals surface area contributed by atoms with Crippen molar-refractivity contribution in [3.63, 3.8) is 0 Å². The van der Waals surface area contributed by atoms with Gasteiger partial charge >= 0.3 is 0 Å². The first-order chi connectivity index (χ1) is 6.45. The molecule has 2 atom stereocenters. The van der Waals surface area contributed by atoms with Gasteiger partial charge in [0.25, 0.3) is 0 Å². The van der Waals surface area contributed by atoms with Crippen LogP contribution in [0.3, 0.4) is 0 Å². The van der Waals surface area contributed by atoms with Crippen LogP contribution in [0.1, 0.15) is 13.8 Å². The Morgan fingerprint density at radius 1 is 1.14 bits per heavy atom. The number of hydrogen-bond donors (Lipinski definition) is 1. The van der Waals surface area contributed by atoms with Gasteiger partial charge in [0.05, 0.1) is 12.1 Å². The molecule has 0 aliphatic carbocycles. The van der Waals surface area contributed by atoms with Gasteiger partial charge in [-0.2, -0.15) is 10.5 Å². The summed E-state index contributed by atoms with van der Waals surface area (Å²) in [5.41, 5.74) is -0.928. The fourth-order valence-corrected chi connectivity index (χ4v) is 1.56. The largest absolute Gasteiger partial charge is 0.294 e. The Kier molecular flexibility index (Phi) is 2.27. The molecule has 0 radical (unpaired) electrons. The molecule has 1 fully saturated rings. The molecule has 5 nitrogen and oxygen atoms in total. The van der Waals surface area contributed by atoms with E-state index in [4.69, 9.17) is 10.5 Å². The SMILES string of the molecule is CC1(C)[C@@H](C#N)C(=O)NC(=O)[C@@H]1C#N. The van der Waals surface area contributed by atoms with Gasteiger partial charge in [-0.15, -0.1) is 0 Å². The number of amides is 2. The third-order valence-corrected chi connectivity index (χ3v) is 2.52.